The minimum atomic E-state index is -3.83. The molecule has 0 amide bonds. The number of halogens is 1. The van der Waals surface area contributed by atoms with Gasteiger partial charge in [0.1, 0.15) is 11.9 Å². The van der Waals surface area contributed by atoms with Gasteiger partial charge in [0.2, 0.25) is 15.7 Å². The van der Waals surface area contributed by atoms with Crippen molar-refractivity contribution in [1.29, 1.82) is 0 Å². The number of aliphatic hydroxyl groups is 1. The second-order valence-corrected chi connectivity index (χ2v) is 6.72. The molecule has 3 aromatic rings. The lowest BCUT2D eigenvalue weighted by molar-refractivity contribution is 0.219. The van der Waals surface area contributed by atoms with Gasteiger partial charge in [-0.25, -0.2) is 12.8 Å². The van der Waals surface area contributed by atoms with Gasteiger partial charge >= 0.3 is 0 Å². The van der Waals surface area contributed by atoms with E-state index in [1.54, 1.807) is 0 Å². The third-order valence-electron chi connectivity index (χ3n) is 3.24. The van der Waals surface area contributed by atoms with Crippen LogP contribution in [-0.4, -0.2) is 39.1 Å². The summed E-state index contributed by atoms with van der Waals surface area (Å²) in [6.45, 7) is 0. The van der Waals surface area contributed by atoms with Crippen LogP contribution in [0.3, 0.4) is 0 Å². The SMILES string of the molecule is O=S(=O)(c1ccc(F)cc1)c1c[nH]cc1C=CC(O)c1nn[nH]n1. The zero-order valence-corrected chi connectivity index (χ0v) is 12.9. The molecule has 0 fully saturated rings. The van der Waals surface area contributed by atoms with Crippen LogP contribution in [0.2, 0.25) is 0 Å². The van der Waals surface area contributed by atoms with Crippen LogP contribution in [0.15, 0.2) is 52.5 Å². The van der Waals surface area contributed by atoms with Crippen LogP contribution in [0.4, 0.5) is 4.39 Å². The van der Waals surface area contributed by atoms with Gasteiger partial charge in [-0.15, -0.1) is 10.2 Å². The first-order chi connectivity index (χ1) is 11.5. The van der Waals surface area contributed by atoms with Crippen molar-refractivity contribution >= 4 is 15.9 Å². The summed E-state index contributed by atoms with van der Waals surface area (Å²) >= 11 is 0. The summed E-state index contributed by atoms with van der Waals surface area (Å²) in [6, 6.07) is 4.54. The summed E-state index contributed by atoms with van der Waals surface area (Å²) in [5.41, 5.74) is 0.335. The minimum Gasteiger partial charge on any atom is -0.381 e. The molecule has 10 heteroatoms. The van der Waals surface area contributed by atoms with Crippen LogP contribution in [-0.2, 0) is 9.84 Å². The number of nitrogens with one attached hydrogen (secondary N) is 2. The molecule has 0 spiro atoms. The average Bonchev–Trinajstić information content (AvgIpc) is 3.24. The summed E-state index contributed by atoms with van der Waals surface area (Å²) in [6.07, 6.45) is 4.40. The zero-order chi connectivity index (χ0) is 17.2. The van der Waals surface area contributed by atoms with Crippen molar-refractivity contribution in [2.45, 2.75) is 15.9 Å². The molecule has 0 aliphatic heterocycles. The summed E-state index contributed by atoms with van der Waals surface area (Å²) in [4.78, 5) is 2.68. The van der Waals surface area contributed by atoms with Crippen molar-refractivity contribution in [3.05, 3.63) is 59.9 Å². The number of aromatic nitrogens is 5. The van der Waals surface area contributed by atoms with Gasteiger partial charge in [0, 0.05) is 18.0 Å². The van der Waals surface area contributed by atoms with Crippen LogP contribution in [0.25, 0.3) is 6.08 Å². The Morgan fingerprint density at radius 2 is 1.96 bits per heavy atom. The van der Waals surface area contributed by atoms with Crippen LogP contribution in [0.1, 0.15) is 17.5 Å². The van der Waals surface area contributed by atoms with E-state index in [2.05, 4.69) is 25.6 Å². The number of hydrogen-bond donors (Lipinski definition) is 3. The highest BCUT2D eigenvalue weighted by atomic mass is 32.2. The van der Waals surface area contributed by atoms with Gasteiger partial charge in [-0.05, 0) is 30.3 Å². The summed E-state index contributed by atoms with van der Waals surface area (Å²) in [5.74, 6) is -0.462. The average molecular weight is 349 g/mol. The molecule has 1 aromatic carbocycles. The number of H-pyrrole nitrogens is 2. The van der Waals surface area contributed by atoms with Crippen molar-refractivity contribution in [3.63, 3.8) is 0 Å². The van der Waals surface area contributed by atoms with Crippen molar-refractivity contribution in [2.75, 3.05) is 0 Å². The van der Waals surface area contributed by atoms with Crippen molar-refractivity contribution in [2.24, 2.45) is 0 Å². The molecule has 0 radical (unpaired) electrons. The lowest BCUT2D eigenvalue weighted by Crippen LogP contribution is -2.02. The topological polar surface area (TPSA) is 125 Å². The van der Waals surface area contributed by atoms with E-state index in [1.807, 2.05) is 0 Å². The molecule has 2 heterocycles. The molecule has 124 valence electrons. The summed E-state index contributed by atoms with van der Waals surface area (Å²) in [5, 5.41) is 22.7. The Morgan fingerprint density at radius 1 is 1.21 bits per heavy atom. The molecule has 3 N–H and O–H groups in total. The molecule has 0 bridgehead atoms. The molecule has 0 saturated carbocycles. The fourth-order valence-corrected chi connectivity index (χ4v) is 3.45. The number of benzene rings is 1. The van der Waals surface area contributed by atoms with Crippen LogP contribution in [0.5, 0.6) is 0 Å². The first-order valence-electron chi connectivity index (χ1n) is 6.75. The number of aromatic amines is 2. The number of rotatable bonds is 5. The van der Waals surface area contributed by atoms with E-state index < -0.39 is 21.8 Å². The Labute approximate surface area is 136 Å². The maximum atomic E-state index is 13.0. The van der Waals surface area contributed by atoms with E-state index in [0.29, 0.717) is 5.56 Å². The maximum absolute atomic E-state index is 13.0. The van der Waals surface area contributed by atoms with Gasteiger partial charge in [0.15, 0.2) is 0 Å². The predicted molar refractivity (Wildman–Crippen MR) is 80.8 cm³/mol. The molecular weight excluding hydrogens is 337 g/mol. The first kappa shape index (κ1) is 16.0. The zero-order valence-electron chi connectivity index (χ0n) is 12.1. The number of hydrogen-bond acceptors (Lipinski definition) is 6. The highest BCUT2D eigenvalue weighted by molar-refractivity contribution is 7.91. The first-order valence-corrected chi connectivity index (χ1v) is 8.24. The normalized spacial score (nSPS) is 13.4. The van der Waals surface area contributed by atoms with Gasteiger partial charge in [-0.3, -0.25) is 0 Å². The molecule has 0 saturated heterocycles. The van der Waals surface area contributed by atoms with E-state index >= 15 is 0 Å². The monoisotopic (exact) mass is 349 g/mol. The molecular formula is C14H12FN5O3S. The molecule has 1 atom stereocenters. The minimum absolute atomic E-state index is 0.00525. The van der Waals surface area contributed by atoms with Crippen molar-refractivity contribution in [3.8, 4) is 0 Å². The van der Waals surface area contributed by atoms with Gasteiger partial charge in [-0.1, -0.05) is 11.3 Å². The fourth-order valence-electron chi connectivity index (χ4n) is 2.04. The Hall–Kier alpha value is -2.85. The van der Waals surface area contributed by atoms with Crippen molar-refractivity contribution < 1.29 is 17.9 Å². The van der Waals surface area contributed by atoms with E-state index in [-0.39, 0.29) is 15.6 Å². The summed E-state index contributed by atoms with van der Waals surface area (Å²) < 4.78 is 38.2. The van der Waals surface area contributed by atoms with Crippen LogP contribution < -0.4 is 0 Å². The molecule has 24 heavy (non-hydrogen) atoms. The lowest BCUT2D eigenvalue weighted by atomic mass is 10.2. The van der Waals surface area contributed by atoms with Gasteiger partial charge < -0.3 is 10.1 Å². The highest BCUT2D eigenvalue weighted by Gasteiger charge is 2.21. The number of sulfone groups is 1. The van der Waals surface area contributed by atoms with Crippen LogP contribution in [0, 0.1) is 5.82 Å². The second-order valence-electron chi connectivity index (χ2n) is 4.81. The Morgan fingerprint density at radius 3 is 2.62 bits per heavy atom. The standard InChI is InChI=1S/C14H12FN5O3S/c15-10-2-4-11(5-3-10)24(22,23)13-8-16-7-9(13)1-6-12(21)14-17-19-20-18-14/h1-8,12,16,21H,(H,17,18,19,20). The number of nitrogens with zero attached hydrogens (tertiary/aromatic N) is 3. The Kier molecular flexibility index (Phi) is 4.23. The molecule has 1 unspecified atom stereocenters. The van der Waals surface area contributed by atoms with Gasteiger partial charge in [0.05, 0.1) is 9.79 Å². The number of aliphatic hydroxyl groups excluding tert-OH is 1. The maximum Gasteiger partial charge on any atom is 0.208 e. The quantitative estimate of drug-likeness (QED) is 0.595. The lowest BCUT2D eigenvalue weighted by Gasteiger charge is -2.04. The Bertz CT molecular complexity index is 949. The smallest absolute Gasteiger partial charge is 0.208 e. The highest BCUT2D eigenvalue weighted by Crippen LogP contribution is 2.25. The molecule has 2 aromatic heterocycles. The largest absolute Gasteiger partial charge is 0.381 e. The third-order valence-corrected chi connectivity index (χ3v) is 5.06. The predicted octanol–water partition coefficient (Wildman–Crippen LogP) is 1.25. The second kappa shape index (κ2) is 6.34. The van der Waals surface area contributed by atoms with Crippen LogP contribution >= 0.6 is 0 Å². The van der Waals surface area contributed by atoms with Gasteiger partial charge in [-0.2, -0.15) is 5.21 Å². The van der Waals surface area contributed by atoms with Crippen molar-refractivity contribution in [1.82, 2.24) is 25.6 Å². The molecule has 8 nitrogen and oxygen atoms in total. The van der Waals surface area contributed by atoms with E-state index in [1.165, 1.54) is 36.7 Å². The third kappa shape index (κ3) is 3.09. The molecule has 3 rings (SSSR count). The van der Waals surface area contributed by atoms with Gasteiger partial charge in [0.25, 0.3) is 0 Å². The number of tetrazole rings is 1. The summed E-state index contributed by atoms with van der Waals surface area (Å²) in [7, 11) is -3.83. The fraction of sp³-hybridized carbons (Fsp3) is 0.0714. The van der Waals surface area contributed by atoms with E-state index in [0.717, 1.165) is 12.1 Å². The molecule has 0 aliphatic rings. The Balaban J connectivity index is 1.91. The van der Waals surface area contributed by atoms with E-state index in [4.69, 9.17) is 0 Å². The molecule has 0 aliphatic carbocycles. The van der Waals surface area contributed by atoms with E-state index in [9.17, 15) is 17.9 Å².